The normalized spacial score (nSPS) is 41.7. The molecule has 5 nitrogen and oxygen atoms in total. The third kappa shape index (κ3) is 2.28. The van der Waals surface area contributed by atoms with Crippen LogP contribution in [0.15, 0.2) is 12.7 Å². The molecule has 0 bridgehead atoms. The molecule has 2 fully saturated rings. The molecule has 16 heavy (non-hydrogen) atoms. The highest BCUT2D eigenvalue weighted by Gasteiger charge is 2.50. The van der Waals surface area contributed by atoms with Crippen molar-refractivity contribution in [2.24, 2.45) is 0 Å². The molecule has 2 aliphatic rings. The molecule has 2 rings (SSSR count). The van der Waals surface area contributed by atoms with Gasteiger partial charge in [0.25, 0.3) is 0 Å². The number of ether oxygens (including phenoxy) is 4. The quantitative estimate of drug-likeness (QED) is 0.712. The van der Waals surface area contributed by atoms with E-state index in [1.165, 1.54) is 0 Å². The largest absolute Gasteiger partial charge is 0.385 e. The molecule has 92 valence electrons. The number of aliphatic hydroxyl groups excluding tert-OH is 1. The maximum Gasteiger partial charge on any atom is 0.186 e. The van der Waals surface area contributed by atoms with Crippen LogP contribution in [0.25, 0.3) is 0 Å². The van der Waals surface area contributed by atoms with Crippen LogP contribution in [0.4, 0.5) is 0 Å². The minimum Gasteiger partial charge on any atom is -0.385 e. The molecule has 0 aromatic carbocycles. The van der Waals surface area contributed by atoms with E-state index in [2.05, 4.69) is 6.58 Å². The van der Waals surface area contributed by atoms with Gasteiger partial charge in [-0.05, 0) is 13.8 Å². The zero-order valence-electron chi connectivity index (χ0n) is 9.59. The molecule has 1 N–H and O–H groups in total. The lowest BCUT2D eigenvalue weighted by Gasteiger charge is -2.34. The van der Waals surface area contributed by atoms with Gasteiger partial charge in [0.2, 0.25) is 0 Å². The van der Waals surface area contributed by atoms with Crippen LogP contribution < -0.4 is 0 Å². The number of hydrogen-bond donors (Lipinski definition) is 1. The molecule has 0 aromatic heterocycles. The van der Waals surface area contributed by atoms with Gasteiger partial charge in [0, 0.05) is 0 Å². The number of hydrogen-bond acceptors (Lipinski definition) is 5. The molecule has 0 spiro atoms. The van der Waals surface area contributed by atoms with E-state index in [0.29, 0.717) is 13.2 Å². The van der Waals surface area contributed by atoms with Crippen LogP contribution >= 0.6 is 0 Å². The molecule has 0 aromatic rings. The first-order valence-electron chi connectivity index (χ1n) is 5.41. The summed E-state index contributed by atoms with van der Waals surface area (Å²) in [5, 5.41) is 10.0. The van der Waals surface area contributed by atoms with Crippen molar-refractivity contribution >= 4 is 0 Å². The molecular formula is C11H18O5. The number of aliphatic hydroxyl groups is 1. The average Bonchev–Trinajstić information content (AvgIpc) is 2.53. The summed E-state index contributed by atoms with van der Waals surface area (Å²) in [7, 11) is 0. The number of fused-ring (bicyclic) bond motifs is 1. The van der Waals surface area contributed by atoms with Crippen LogP contribution in [0, 0.1) is 0 Å². The van der Waals surface area contributed by atoms with Gasteiger partial charge in [-0.3, -0.25) is 0 Å². The maximum atomic E-state index is 10.0. The first-order valence-corrected chi connectivity index (χ1v) is 5.41. The van der Waals surface area contributed by atoms with E-state index in [0.717, 1.165) is 0 Å². The van der Waals surface area contributed by atoms with Gasteiger partial charge < -0.3 is 24.1 Å². The highest BCUT2D eigenvalue weighted by molar-refractivity contribution is 4.91. The fourth-order valence-corrected chi connectivity index (χ4v) is 2.03. The fourth-order valence-electron chi connectivity index (χ4n) is 2.03. The lowest BCUT2D eigenvalue weighted by atomic mass is 10.1. The lowest BCUT2D eigenvalue weighted by Crippen LogP contribution is -2.52. The Morgan fingerprint density at radius 2 is 2.25 bits per heavy atom. The predicted molar refractivity (Wildman–Crippen MR) is 55.7 cm³/mol. The standard InChI is InChI=1S/C11H18O5/c1-4-5-13-10-8(12)9-7(6-14-10)15-11(2,3)16-9/h4,7-10,12H,1,5-6H2,2-3H3/t7-,8+,9-,10+/m0/s1. The van der Waals surface area contributed by atoms with Gasteiger partial charge in [-0.2, -0.15) is 0 Å². The average molecular weight is 230 g/mol. The minimum absolute atomic E-state index is 0.228. The van der Waals surface area contributed by atoms with Gasteiger partial charge >= 0.3 is 0 Å². The second-order valence-corrected chi connectivity index (χ2v) is 4.45. The summed E-state index contributed by atoms with van der Waals surface area (Å²) >= 11 is 0. The van der Waals surface area contributed by atoms with Gasteiger partial charge in [-0.25, -0.2) is 0 Å². The Balaban J connectivity index is 1.98. The van der Waals surface area contributed by atoms with Gasteiger partial charge in [-0.1, -0.05) is 6.08 Å². The molecule has 0 unspecified atom stereocenters. The van der Waals surface area contributed by atoms with Crippen LogP contribution in [0.5, 0.6) is 0 Å². The second-order valence-electron chi connectivity index (χ2n) is 4.45. The van der Waals surface area contributed by atoms with E-state index >= 15 is 0 Å². The zero-order chi connectivity index (χ0) is 11.8. The SMILES string of the molecule is C=CCO[C@@H]1OC[C@@H]2OC(C)(C)O[C@@H]2[C@H]1O. The fraction of sp³-hybridized carbons (Fsp3) is 0.818. The van der Waals surface area contributed by atoms with Gasteiger partial charge in [-0.15, -0.1) is 6.58 Å². The highest BCUT2D eigenvalue weighted by atomic mass is 16.8. The van der Waals surface area contributed by atoms with E-state index in [-0.39, 0.29) is 6.10 Å². The Morgan fingerprint density at radius 3 is 2.94 bits per heavy atom. The monoisotopic (exact) mass is 230 g/mol. The van der Waals surface area contributed by atoms with Crippen LogP contribution in [-0.4, -0.2) is 48.7 Å². The van der Waals surface area contributed by atoms with Crippen LogP contribution in [0.1, 0.15) is 13.8 Å². The predicted octanol–water partition coefficient (Wildman–Crippen LogP) is 0.426. The van der Waals surface area contributed by atoms with Gasteiger partial charge in [0.05, 0.1) is 13.2 Å². The Labute approximate surface area is 94.9 Å². The van der Waals surface area contributed by atoms with Crippen LogP contribution in [0.2, 0.25) is 0 Å². The van der Waals surface area contributed by atoms with Crippen molar-refractivity contribution in [3.63, 3.8) is 0 Å². The van der Waals surface area contributed by atoms with Crippen molar-refractivity contribution in [3.05, 3.63) is 12.7 Å². The Kier molecular flexibility index (Phi) is 3.32. The van der Waals surface area contributed by atoms with E-state index in [1.807, 2.05) is 13.8 Å². The Morgan fingerprint density at radius 1 is 1.50 bits per heavy atom. The minimum atomic E-state index is -0.833. The lowest BCUT2D eigenvalue weighted by molar-refractivity contribution is -0.247. The van der Waals surface area contributed by atoms with E-state index in [9.17, 15) is 5.11 Å². The molecule has 0 saturated carbocycles. The molecule has 2 aliphatic heterocycles. The summed E-state index contributed by atoms with van der Waals surface area (Å²) in [4.78, 5) is 0. The molecule has 0 amide bonds. The third-order valence-corrected chi connectivity index (χ3v) is 2.64. The Bertz CT molecular complexity index is 265. The van der Waals surface area contributed by atoms with E-state index < -0.39 is 24.3 Å². The van der Waals surface area contributed by atoms with E-state index in [4.69, 9.17) is 18.9 Å². The molecule has 2 saturated heterocycles. The van der Waals surface area contributed by atoms with Crippen molar-refractivity contribution in [2.75, 3.05) is 13.2 Å². The molecule has 4 atom stereocenters. The highest BCUT2D eigenvalue weighted by Crippen LogP contribution is 2.34. The van der Waals surface area contributed by atoms with Gasteiger partial charge in [0.1, 0.15) is 18.3 Å². The van der Waals surface area contributed by atoms with Crippen molar-refractivity contribution in [3.8, 4) is 0 Å². The Hall–Kier alpha value is -0.460. The second kappa shape index (κ2) is 4.43. The van der Waals surface area contributed by atoms with Crippen molar-refractivity contribution < 1.29 is 24.1 Å². The van der Waals surface area contributed by atoms with Crippen LogP contribution in [-0.2, 0) is 18.9 Å². The summed E-state index contributed by atoms with van der Waals surface area (Å²) in [6, 6.07) is 0. The van der Waals surface area contributed by atoms with Gasteiger partial charge in [0.15, 0.2) is 12.1 Å². The summed E-state index contributed by atoms with van der Waals surface area (Å²) in [5.74, 6) is -0.674. The van der Waals surface area contributed by atoms with Crippen molar-refractivity contribution in [1.29, 1.82) is 0 Å². The molecule has 0 radical (unpaired) electrons. The smallest absolute Gasteiger partial charge is 0.186 e. The topological polar surface area (TPSA) is 57.2 Å². The maximum absolute atomic E-state index is 10.0. The summed E-state index contributed by atoms with van der Waals surface area (Å²) in [6.07, 6.45) is -0.512. The summed E-state index contributed by atoms with van der Waals surface area (Å²) < 4.78 is 21.9. The summed E-state index contributed by atoms with van der Waals surface area (Å²) in [6.45, 7) is 7.88. The third-order valence-electron chi connectivity index (χ3n) is 2.64. The van der Waals surface area contributed by atoms with Crippen LogP contribution in [0.3, 0.4) is 0 Å². The number of rotatable bonds is 3. The first kappa shape index (κ1) is 12.0. The molecule has 0 aliphatic carbocycles. The van der Waals surface area contributed by atoms with Crippen molar-refractivity contribution in [2.45, 2.75) is 44.2 Å². The van der Waals surface area contributed by atoms with E-state index in [1.54, 1.807) is 6.08 Å². The summed E-state index contributed by atoms with van der Waals surface area (Å²) in [5.41, 5.74) is 0. The van der Waals surface area contributed by atoms with Crippen molar-refractivity contribution in [1.82, 2.24) is 0 Å². The molecular weight excluding hydrogens is 212 g/mol. The molecule has 5 heteroatoms. The molecule has 2 heterocycles. The first-order chi connectivity index (χ1) is 7.53. The zero-order valence-corrected chi connectivity index (χ0v) is 9.59.